The molecule has 78 valence electrons. The van der Waals surface area contributed by atoms with E-state index in [9.17, 15) is 5.11 Å². The van der Waals surface area contributed by atoms with Crippen molar-refractivity contribution in [2.45, 2.75) is 59.0 Å². The van der Waals surface area contributed by atoms with Gasteiger partial charge in [-0.1, -0.05) is 27.2 Å². The van der Waals surface area contributed by atoms with Gasteiger partial charge in [-0.3, -0.25) is 0 Å². The molecular formula is C12H24O. The van der Waals surface area contributed by atoms with Crippen molar-refractivity contribution in [3.8, 4) is 0 Å². The summed E-state index contributed by atoms with van der Waals surface area (Å²) in [6.07, 6.45) is 6.04. The van der Waals surface area contributed by atoms with Gasteiger partial charge in [-0.25, -0.2) is 0 Å². The van der Waals surface area contributed by atoms with Crippen molar-refractivity contribution in [3.63, 3.8) is 0 Å². The lowest BCUT2D eigenvalue weighted by molar-refractivity contribution is 0.0290. The Morgan fingerprint density at radius 3 is 2.46 bits per heavy atom. The highest BCUT2D eigenvalue weighted by molar-refractivity contribution is 4.80. The summed E-state index contributed by atoms with van der Waals surface area (Å²) in [6, 6.07) is 0. The van der Waals surface area contributed by atoms with E-state index < -0.39 is 0 Å². The van der Waals surface area contributed by atoms with E-state index in [1.807, 2.05) is 0 Å². The molecule has 0 aromatic carbocycles. The predicted octanol–water partition coefficient (Wildman–Crippen LogP) is 3.22. The lowest BCUT2D eigenvalue weighted by atomic mass is 9.74. The Morgan fingerprint density at radius 1 is 1.31 bits per heavy atom. The fraction of sp³-hybridized carbons (Fsp3) is 1.00. The van der Waals surface area contributed by atoms with Crippen molar-refractivity contribution >= 4 is 0 Å². The first kappa shape index (κ1) is 11.0. The second-order valence-electron chi connectivity index (χ2n) is 4.93. The van der Waals surface area contributed by atoms with Gasteiger partial charge in [0.05, 0.1) is 6.10 Å². The molecule has 0 bridgehead atoms. The molecule has 1 nitrogen and oxygen atoms in total. The van der Waals surface area contributed by atoms with E-state index in [-0.39, 0.29) is 6.10 Å². The maximum atomic E-state index is 9.92. The number of aliphatic hydroxyl groups excluding tert-OH is 1. The number of hydrogen-bond donors (Lipinski definition) is 1. The van der Waals surface area contributed by atoms with E-state index in [0.29, 0.717) is 5.92 Å². The molecule has 1 N–H and O–H groups in total. The first-order valence-electron chi connectivity index (χ1n) is 5.83. The van der Waals surface area contributed by atoms with Gasteiger partial charge in [0.25, 0.3) is 0 Å². The van der Waals surface area contributed by atoms with Gasteiger partial charge in [0.1, 0.15) is 0 Å². The van der Waals surface area contributed by atoms with Gasteiger partial charge in [-0.2, -0.15) is 0 Å². The van der Waals surface area contributed by atoms with Crippen LogP contribution in [0.4, 0.5) is 0 Å². The third kappa shape index (κ3) is 2.98. The van der Waals surface area contributed by atoms with Crippen molar-refractivity contribution in [2.75, 3.05) is 0 Å². The van der Waals surface area contributed by atoms with Crippen LogP contribution in [0.25, 0.3) is 0 Å². The van der Waals surface area contributed by atoms with Crippen LogP contribution in [0.3, 0.4) is 0 Å². The Morgan fingerprint density at radius 2 is 2.00 bits per heavy atom. The Labute approximate surface area is 82.5 Å². The fourth-order valence-electron chi connectivity index (χ4n) is 2.55. The Hall–Kier alpha value is -0.0400. The van der Waals surface area contributed by atoms with Crippen LogP contribution in [0.1, 0.15) is 52.9 Å². The minimum atomic E-state index is -0.0129. The van der Waals surface area contributed by atoms with Crippen molar-refractivity contribution in [3.05, 3.63) is 0 Å². The number of aliphatic hydroxyl groups is 1. The van der Waals surface area contributed by atoms with Crippen LogP contribution in [0.5, 0.6) is 0 Å². The van der Waals surface area contributed by atoms with Gasteiger partial charge in [0, 0.05) is 0 Å². The minimum Gasteiger partial charge on any atom is -0.393 e. The zero-order valence-electron chi connectivity index (χ0n) is 9.29. The molecule has 0 heterocycles. The van der Waals surface area contributed by atoms with Crippen LogP contribution in [-0.4, -0.2) is 11.2 Å². The van der Waals surface area contributed by atoms with Gasteiger partial charge in [-0.15, -0.1) is 0 Å². The molecule has 0 spiro atoms. The Kier molecular flexibility index (Phi) is 4.24. The van der Waals surface area contributed by atoms with E-state index in [0.717, 1.165) is 18.3 Å². The minimum absolute atomic E-state index is 0.0129. The van der Waals surface area contributed by atoms with Gasteiger partial charge in [0.2, 0.25) is 0 Å². The molecule has 1 saturated carbocycles. The predicted molar refractivity (Wildman–Crippen MR) is 56.6 cm³/mol. The molecular weight excluding hydrogens is 160 g/mol. The molecule has 0 aromatic rings. The van der Waals surface area contributed by atoms with Gasteiger partial charge >= 0.3 is 0 Å². The highest BCUT2D eigenvalue weighted by Crippen LogP contribution is 2.35. The quantitative estimate of drug-likeness (QED) is 0.714. The van der Waals surface area contributed by atoms with Gasteiger partial charge < -0.3 is 5.11 Å². The monoisotopic (exact) mass is 184 g/mol. The molecule has 1 rings (SSSR count). The van der Waals surface area contributed by atoms with Crippen LogP contribution in [0, 0.1) is 17.8 Å². The van der Waals surface area contributed by atoms with Crippen LogP contribution >= 0.6 is 0 Å². The molecule has 0 aromatic heterocycles. The largest absolute Gasteiger partial charge is 0.393 e. The molecule has 1 fully saturated rings. The van der Waals surface area contributed by atoms with Crippen LogP contribution < -0.4 is 0 Å². The van der Waals surface area contributed by atoms with E-state index in [2.05, 4.69) is 20.8 Å². The fourth-order valence-corrected chi connectivity index (χ4v) is 2.55. The molecule has 3 unspecified atom stereocenters. The maximum Gasteiger partial charge on any atom is 0.0571 e. The Bertz CT molecular complexity index is 142. The topological polar surface area (TPSA) is 20.2 Å². The highest BCUT2D eigenvalue weighted by Gasteiger charge is 2.29. The number of hydrogen-bond acceptors (Lipinski definition) is 1. The Balaban J connectivity index is 2.37. The second-order valence-corrected chi connectivity index (χ2v) is 4.93. The second kappa shape index (κ2) is 4.99. The van der Waals surface area contributed by atoms with Crippen LogP contribution in [-0.2, 0) is 0 Å². The average Bonchev–Trinajstić information content (AvgIpc) is 2.08. The summed E-state index contributed by atoms with van der Waals surface area (Å²) >= 11 is 0. The number of rotatable bonds is 3. The van der Waals surface area contributed by atoms with Crippen molar-refractivity contribution in [2.24, 2.45) is 17.8 Å². The molecule has 1 aliphatic carbocycles. The van der Waals surface area contributed by atoms with Crippen molar-refractivity contribution in [1.29, 1.82) is 0 Å². The highest BCUT2D eigenvalue weighted by atomic mass is 16.3. The van der Waals surface area contributed by atoms with E-state index in [4.69, 9.17) is 0 Å². The average molecular weight is 184 g/mol. The third-order valence-corrected chi connectivity index (χ3v) is 3.60. The first-order chi connectivity index (χ1) is 6.15. The molecule has 0 radical (unpaired) electrons. The lowest BCUT2D eigenvalue weighted by Gasteiger charge is -2.35. The summed E-state index contributed by atoms with van der Waals surface area (Å²) in [5.74, 6) is 2.11. The first-order valence-corrected chi connectivity index (χ1v) is 5.83. The molecule has 3 atom stereocenters. The molecule has 1 aliphatic rings. The summed E-state index contributed by atoms with van der Waals surface area (Å²) < 4.78 is 0. The van der Waals surface area contributed by atoms with Gasteiger partial charge in [0.15, 0.2) is 0 Å². The smallest absolute Gasteiger partial charge is 0.0571 e. The lowest BCUT2D eigenvalue weighted by Crippen LogP contribution is -2.31. The van der Waals surface area contributed by atoms with Crippen LogP contribution in [0.2, 0.25) is 0 Å². The summed E-state index contributed by atoms with van der Waals surface area (Å²) in [7, 11) is 0. The summed E-state index contributed by atoms with van der Waals surface area (Å²) in [5, 5.41) is 9.92. The van der Waals surface area contributed by atoms with Gasteiger partial charge in [-0.05, 0) is 43.4 Å². The van der Waals surface area contributed by atoms with E-state index >= 15 is 0 Å². The molecule has 0 saturated heterocycles. The third-order valence-electron chi connectivity index (χ3n) is 3.60. The molecule has 1 heteroatoms. The van der Waals surface area contributed by atoms with Crippen molar-refractivity contribution in [1.82, 2.24) is 0 Å². The SMILES string of the molecule is CCCC1CCC(C(C)C)CC1O. The maximum absolute atomic E-state index is 9.92. The molecule has 0 aliphatic heterocycles. The summed E-state index contributed by atoms with van der Waals surface area (Å²) in [4.78, 5) is 0. The van der Waals surface area contributed by atoms with E-state index in [1.54, 1.807) is 0 Å². The summed E-state index contributed by atoms with van der Waals surface area (Å²) in [5.41, 5.74) is 0. The molecule has 0 amide bonds. The standard InChI is InChI=1S/C12H24O/c1-4-5-10-6-7-11(9(2)3)8-12(10)13/h9-13H,4-8H2,1-3H3. The zero-order chi connectivity index (χ0) is 9.84. The zero-order valence-corrected chi connectivity index (χ0v) is 9.29. The van der Waals surface area contributed by atoms with Crippen LogP contribution in [0.15, 0.2) is 0 Å². The van der Waals surface area contributed by atoms with E-state index in [1.165, 1.54) is 25.7 Å². The normalized spacial score (nSPS) is 35.3. The molecule has 13 heavy (non-hydrogen) atoms. The van der Waals surface area contributed by atoms with Crippen molar-refractivity contribution < 1.29 is 5.11 Å². The summed E-state index contributed by atoms with van der Waals surface area (Å²) in [6.45, 7) is 6.76.